The van der Waals surface area contributed by atoms with Crippen LogP contribution in [-0.2, 0) is 0 Å². The van der Waals surface area contributed by atoms with E-state index in [4.69, 9.17) is 0 Å². The first-order valence-corrected chi connectivity index (χ1v) is 6.11. The van der Waals surface area contributed by atoms with E-state index in [2.05, 4.69) is 56.3 Å². The van der Waals surface area contributed by atoms with Crippen LogP contribution in [0.25, 0.3) is 16.7 Å². The number of nitrogens with zero attached hydrogens (tertiary/aromatic N) is 3. The molecule has 0 amide bonds. The average Bonchev–Trinajstić information content (AvgIpc) is 2.70. The number of fused-ring (bicyclic) bond motifs is 3. The van der Waals surface area contributed by atoms with E-state index in [1.54, 1.807) is 6.20 Å². The van der Waals surface area contributed by atoms with E-state index >= 15 is 0 Å². The zero-order chi connectivity index (χ0) is 12.0. The van der Waals surface area contributed by atoms with Gasteiger partial charge >= 0.3 is 0 Å². The van der Waals surface area contributed by atoms with Gasteiger partial charge in [0.05, 0.1) is 17.2 Å². The summed E-state index contributed by atoms with van der Waals surface area (Å²) in [5, 5.41) is 3.08. The first-order chi connectivity index (χ1) is 8.20. The molecule has 1 N–H and O–H groups in total. The van der Waals surface area contributed by atoms with Crippen molar-refractivity contribution in [2.45, 2.75) is 6.92 Å². The number of imidazole rings is 1. The van der Waals surface area contributed by atoms with E-state index in [1.165, 1.54) is 5.56 Å². The third-order valence-electron chi connectivity index (χ3n) is 2.77. The Balaban J connectivity index is 2.57. The lowest BCUT2D eigenvalue weighted by Gasteiger charge is -2.07. The Labute approximate surface area is 107 Å². The lowest BCUT2D eigenvalue weighted by Crippen LogP contribution is -2.00. The van der Waals surface area contributed by atoms with E-state index in [1.807, 2.05) is 11.4 Å². The molecule has 0 spiro atoms. The molecule has 0 radical (unpaired) electrons. The standard InChI is InChI=1S/C12H11BrN4/c1-7-3-4-9-8(5-7)16-11(14-2)12-15-6-10(13)17(9)12/h3-6H,1-2H3,(H,14,16). The van der Waals surface area contributed by atoms with Gasteiger partial charge in [-0.15, -0.1) is 0 Å². The largest absolute Gasteiger partial charge is 0.370 e. The molecule has 1 aromatic carbocycles. The molecule has 0 saturated heterocycles. The second-order valence-corrected chi connectivity index (χ2v) is 4.75. The van der Waals surface area contributed by atoms with Gasteiger partial charge in [0, 0.05) is 7.05 Å². The third-order valence-corrected chi connectivity index (χ3v) is 3.33. The van der Waals surface area contributed by atoms with Gasteiger partial charge in [0.15, 0.2) is 11.5 Å². The molecular weight excluding hydrogens is 280 g/mol. The van der Waals surface area contributed by atoms with E-state index in [-0.39, 0.29) is 0 Å². The zero-order valence-corrected chi connectivity index (χ0v) is 11.1. The molecule has 0 saturated carbocycles. The lowest BCUT2D eigenvalue weighted by molar-refractivity contribution is 1.17. The Bertz CT molecular complexity index is 717. The Morgan fingerprint density at radius 2 is 2.18 bits per heavy atom. The fraction of sp³-hybridized carbons (Fsp3) is 0.167. The SMILES string of the molecule is CNc1nc2cc(C)ccc2n2c(Br)cnc12. The number of hydrogen-bond acceptors (Lipinski definition) is 3. The monoisotopic (exact) mass is 290 g/mol. The van der Waals surface area contributed by atoms with Crippen molar-refractivity contribution in [2.75, 3.05) is 12.4 Å². The summed E-state index contributed by atoms with van der Waals surface area (Å²) in [6.45, 7) is 2.06. The molecule has 0 aliphatic heterocycles. The van der Waals surface area contributed by atoms with Gasteiger partial charge in [-0.3, -0.25) is 4.40 Å². The maximum Gasteiger partial charge on any atom is 0.181 e. The number of anilines is 1. The van der Waals surface area contributed by atoms with Crippen molar-refractivity contribution in [2.24, 2.45) is 0 Å². The highest BCUT2D eigenvalue weighted by molar-refractivity contribution is 9.10. The first-order valence-electron chi connectivity index (χ1n) is 5.32. The van der Waals surface area contributed by atoms with Crippen LogP contribution < -0.4 is 5.32 Å². The van der Waals surface area contributed by atoms with Gasteiger partial charge in [0.25, 0.3) is 0 Å². The van der Waals surface area contributed by atoms with Gasteiger partial charge in [0.2, 0.25) is 0 Å². The number of aromatic nitrogens is 3. The zero-order valence-electron chi connectivity index (χ0n) is 9.53. The molecule has 0 atom stereocenters. The smallest absolute Gasteiger partial charge is 0.181 e. The van der Waals surface area contributed by atoms with Crippen LogP contribution in [-0.4, -0.2) is 21.4 Å². The summed E-state index contributed by atoms with van der Waals surface area (Å²) < 4.78 is 2.98. The summed E-state index contributed by atoms with van der Waals surface area (Å²) in [5.41, 5.74) is 4.04. The van der Waals surface area contributed by atoms with Crippen molar-refractivity contribution in [1.29, 1.82) is 0 Å². The Morgan fingerprint density at radius 1 is 1.35 bits per heavy atom. The number of aryl methyl sites for hydroxylation is 1. The van der Waals surface area contributed by atoms with Crippen LogP contribution >= 0.6 is 15.9 Å². The van der Waals surface area contributed by atoms with Crippen LogP contribution in [0.1, 0.15) is 5.56 Å². The third kappa shape index (κ3) is 1.50. The molecule has 2 heterocycles. The highest BCUT2D eigenvalue weighted by Crippen LogP contribution is 2.25. The highest BCUT2D eigenvalue weighted by Gasteiger charge is 2.11. The van der Waals surface area contributed by atoms with Crippen LogP contribution in [0.4, 0.5) is 5.82 Å². The maximum atomic E-state index is 4.58. The number of benzene rings is 1. The number of hydrogen-bond donors (Lipinski definition) is 1. The van der Waals surface area contributed by atoms with Crippen molar-refractivity contribution in [3.63, 3.8) is 0 Å². The van der Waals surface area contributed by atoms with Crippen molar-refractivity contribution >= 4 is 38.4 Å². The molecule has 0 aliphatic rings. The summed E-state index contributed by atoms with van der Waals surface area (Å²) in [6.07, 6.45) is 1.79. The van der Waals surface area contributed by atoms with E-state index in [9.17, 15) is 0 Å². The summed E-state index contributed by atoms with van der Waals surface area (Å²) in [4.78, 5) is 8.93. The molecule has 0 fully saturated rings. The lowest BCUT2D eigenvalue weighted by atomic mass is 10.2. The van der Waals surface area contributed by atoms with Crippen molar-refractivity contribution in [3.05, 3.63) is 34.6 Å². The number of rotatable bonds is 1. The van der Waals surface area contributed by atoms with Crippen LogP contribution in [0.2, 0.25) is 0 Å². The second kappa shape index (κ2) is 3.70. The summed E-state index contributed by atoms with van der Waals surface area (Å²) >= 11 is 3.51. The van der Waals surface area contributed by atoms with Crippen molar-refractivity contribution in [3.8, 4) is 0 Å². The predicted molar refractivity (Wildman–Crippen MR) is 72.5 cm³/mol. The van der Waals surface area contributed by atoms with Crippen molar-refractivity contribution < 1.29 is 0 Å². The van der Waals surface area contributed by atoms with E-state index in [0.29, 0.717) is 0 Å². The normalized spacial score (nSPS) is 11.2. The van der Waals surface area contributed by atoms with Crippen LogP contribution in [0.15, 0.2) is 29.0 Å². The van der Waals surface area contributed by atoms with Gasteiger partial charge in [-0.05, 0) is 40.5 Å². The molecule has 0 unspecified atom stereocenters. The highest BCUT2D eigenvalue weighted by atomic mass is 79.9. The number of nitrogens with one attached hydrogen (secondary N) is 1. The van der Waals surface area contributed by atoms with Gasteiger partial charge in [-0.1, -0.05) is 6.07 Å². The molecule has 17 heavy (non-hydrogen) atoms. The van der Waals surface area contributed by atoms with Gasteiger partial charge in [-0.25, -0.2) is 9.97 Å². The Morgan fingerprint density at radius 3 is 2.94 bits per heavy atom. The average molecular weight is 291 g/mol. The molecule has 3 aromatic rings. The number of halogens is 1. The summed E-state index contributed by atoms with van der Waals surface area (Å²) in [7, 11) is 1.85. The molecule has 0 bridgehead atoms. The van der Waals surface area contributed by atoms with Gasteiger partial charge in [-0.2, -0.15) is 0 Å². The molecule has 2 aromatic heterocycles. The van der Waals surface area contributed by atoms with E-state index in [0.717, 1.165) is 27.1 Å². The second-order valence-electron chi connectivity index (χ2n) is 3.94. The minimum Gasteiger partial charge on any atom is -0.370 e. The van der Waals surface area contributed by atoms with Crippen LogP contribution in [0.5, 0.6) is 0 Å². The molecule has 86 valence electrons. The maximum absolute atomic E-state index is 4.58. The molecular formula is C12H11BrN4. The predicted octanol–water partition coefficient (Wildman–Crippen LogP) is 3.00. The Kier molecular flexibility index (Phi) is 2.29. The molecule has 0 aliphatic carbocycles. The summed E-state index contributed by atoms with van der Waals surface area (Å²) in [6, 6.07) is 6.22. The molecule has 5 heteroatoms. The fourth-order valence-corrected chi connectivity index (χ4v) is 2.44. The topological polar surface area (TPSA) is 42.2 Å². The minimum absolute atomic E-state index is 0.786. The van der Waals surface area contributed by atoms with Gasteiger partial charge < -0.3 is 5.32 Å². The van der Waals surface area contributed by atoms with Crippen molar-refractivity contribution in [1.82, 2.24) is 14.4 Å². The first kappa shape index (κ1) is 10.5. The van der Waals surface area contributed by atoms with Crippen LogP contribution in [0.3, 0.4) is 0 Å². The quantitative estimate of drug-likeness (QED) is 0.749. The molecule has 4 nitrogen and oxygen atoms in total. The van der Waals surface area contributed by atoms with Crippen LogP contribution in [0, 0.1) is 6.92 Å². The van der Waals surface area contributed by atoms with E-state index < -0.39 is 0 Å². The fourth-order valence-electron chi connectivity index (χ4n) is 1.98. The van der Waals surface area contributed by atoms with Gasteiger partial charge in [0.1, 0.15) is 4.60 Å². The minimum atomic E-state index is 0.786. The summed E-state index contributed by atoms with van der Waals surface area (Å²) in [5.74, 6) is 0.786. The Hall–Kier alpha value is -1.62. The molecule has 3 rings (SSSR count).